The van der Waals surface area contributed by atoms with Crippen molar-refractivity contribution in [3.05, 3.63) is 41.8 Å². The van der Waals surface area contributed by atoms with Crippen molar-refractivity contribution in [3.63, 3.8) is 0 Å². The molecule has 3 rings (SSSR count). The lowest BCUT2D eigenvalue weighted by atomic mass is 9.97. The number of fused-ring (bicyclic) bond motifs is 1. The average molecular weight is 288 g/mol. The molecule has 2 heterocycles. The molecule has 2 aromatic rings. The van der Waals surface area contributed by atoms with Gasteiger partial charge >= 0.3 is 5.97 Å². The Morgan fingerprint density at radius 3 is 3.10 bits per heavy atom. The molecule has 1 aliphatic rings. The summed E-state index contributed by atoms with van der Waals surface area (Å²) in [7, 11) is 0. The van der Waals surface area contributed by atoms with Crippen molar-refractivity contribution >= 4 is 16.9 Å². The number of benzene rings is 1. The average Bonchev–Trinajstić information content (AvgIpc) is 2.51. The number of pyridine rings is 1. The number of hydrogen-bond donors (Lipinski definition) is 1. The first kappa shape index (κ1) is 13.9. The van der Waals surface area contributed by atoms with Gasteiger partial charge in [-0.3, -0.25) is 14.7 Å². The standard InChI is InChI=1S/C16H17FN2O2/c17-14-6-5-11(15-13(14)4-1-7-18-15)9-19-8-2-3-12(10-19)16(20)21/h1,4-7,12H,2-3,8-10H2,(H,20,21). The highest BCUT2D eigenvalue weighted by molar-refractivity contribution is 5.82. The van der Waals surface area contributed by atoms with Gasteiger partial charge in [0.05, 0.1) is 11.4 Å². The molecule has 0 radical (unpaired) electrons. The van der Waals surface area contributed by atoms with Gasteiger partial charge in [-0.1, -0.05) is 6.07 Å². The van der Waals surface area contributed by atoms with Crippen molar-refractivity contribution in [2.75, 3.05) is 13.1 Å². The van der Waals surface area contributed by atoms with Gasteiger partial charge < -0.3 is 5.11 Å². The van der Waals surface area contributed by atoms with Crippen LogP contribution in [0.15, 0.2) is 30.5 Å². The molecule has 1 fully saturated rings. The van der Waals surface area contributed by atoms with Crippen molar-refractivity contribution in [3.8, 4) is 0 Å². The SMILES string of the molecule is O=C(O)C1CCCN(Cc2ccc(F)c3cccnc23)C1. The van der Waals surface area contributed by atoms with Crippen molar-refractivity contribution in [2.45, 2.75) is 19.4 Å². The molecule has 0 spiro atoms. The summed E-state index contributed by atoms with van der Waals surface area (Å²) in [6.07, 6.45) is 3.26. The van der Waals surface area contributed by atoms with Crippen molar-refractivity contribution in [1.82, 2.24) is 9.88 Å². The minimum atomic E-state index is -0.734. The van der Waals surface area contributed by atoms with E-state index in [0.29, 0.717) is 24.0 Å². The van der Waals surface area contributed by atoms with Crippen LogP contribution >= 0.6 is 0 Å². The largest absolute Gasteiger partial charge is 0.481 e. The van der Waals surface area contributed by atoms with E-state index in [0.717, 1.165) is 24.9 Å². The molecule has 1 N–H and O–H groups in total. The van der Waals surface area contributed by atoms with E-state index in [-0.39, 0.29) is 11.7 Å². The highest BCUT2D eigenvalue weighted by Gasteiger charge is 2.25. The Labute approximate surface area is 122 Å². The molecule has 1 aromatic carbocycles. The Bertz CT molecular complexity index is 674. The lowest BCUT2D eigenvalue weighted by molar-refractivity contribution is -0.143. The van der Waals surface area contributed by atoms with Crippen LogP contribution in [-0.4, -0.2) is 34.0 Å². The summed E-state index contributed by atoms with van der Waals surface area (Å²) in [5.74, 6) is -1.32. The van der Waals surface area contributed by atoms with Gasteiger partial charge in [-0.05, 0) is 43.1 Å². The van der Waals surface area contributed by atoms with Crippen LogP contribution in [0.25, 0.3) is 10.9 Å². The van der Waals surface area contributed by atoms with Gasteiger partial charge in [0.1, 0.15) is 5.82 Å². The normalized spacial score (nSPS) is 19.8. The first-order valence-electron chi connectivity index (χ1n) is 7.12. The Morgan fingerprint density at radius 2 is 2.29 bits per heavy atom. The maximum absolute atomic E-state index is 13.8. The fourth-order valence-electron chi connectivity index (χ4n) is 2.97. The topological polar surface area (TPSA) is 53.4 Å². The number of nitrogens with zero attached hydrogens (tertiary/aromatic N) is 2. The third kappa shape index (κ3) is 2.88. The molecule has 0 amide bonds. The minimum Gasteiger partial charge on any atom is -0.481 e. The van der Waals surface area contributed by atoms with E-state index in [1.807, 2.05) is 0 Å². The number of carboxylic acid groups (broad SMARTS) is 1. The van der Waals surface area contributed by atoms with Crippen LogP contribution in [0.2, 0.25) is 0 Å². The predicted octanol–water partition coefficient (Wildman–Crippen LogP) is 2.67. The quantitative estimate of drug-likeness (QED) is 0.943. The van der Waals surface area contributed by atoms with Crippen LogP contribution < -0.4 is 0 Å². The van der Waals surface area contributed by atoms with Gasteiger partial charge in [0.25, 0.3) is 0 Å². The first-order valence-corrected chi connectivity index (χ1v) is 7.12. The highest BCUT2D eigenvalue weighted by Crippen LogP contribution is 2.23. The number of carboxylic acids is 1. The number of rotatable bonds is 3. The number of carbonyl (C=O) groups is 1. The number of likely N-dealkylation sites (tertiary alicyclic amines) is 1. The van der Waals surface area contributed by atoms with Crippen molar-refractivity contribution in [1.29, 1.82) is 0 Å². The molecule has 5 heteroatoms. The van der Waals surface area contributed by atoms with E-state index in [4.69, 9.17) is 5.11 Å². The van der Waals surface area contributed by atoms with E-state index < -0.39 is 5.97 Å². The summed E-state index contributed by atoms with van der Waals surface area (Å²) >= 11 is 0. The van der Waals surface area contributed by atoms with Crippen LogP contribution in [0.4, 0.5) is 4.39 Å². The first-order chi connectivity index (χ1) is 10.1. The molecule has 1 atom stereocenters. The molecule has 1 saturated heterocycles. The zero-order valence-corrected chi connectivity index (χ0v) is 11.6. The maximum atomic E-state index is 13.8. The molecule has 21 heavy (non-hydrogen) atoms. The number of halogens is 1. The van der Waals surface area contributed by atoms with Crippen LogP contribution in [0.3, 0.4) is 0 Å². The molecule has 1 aliphatic heterocycles. The minimum absolute atomic E-state index is 0.274. The van der Waals surface area contributed by atoms with E-state index >= 15 is 0 Å². The monoisotopic (exact) mass is 288 g/mol. The fourth-order valence-corrected chi connectivity index (χ4v) is 2.97. The molecule has 1 unspecified atom stereocenters. The van der Waals surface area contributed by atoms with Gasteiger partial charge in [0.15, 0.2) is 0 Å². The zero-order valence-electron chi connectivity index (χ0n) is 11.6. The van der Waals surface area contributed by atoms with E-state index in [2.05, 4.69) is 9.88 Å². The van der Waals surface area contributed by atoms with Crippen LogP contribution in [0.1, 0.15) is 18.4 Å². The molecule has 0 aliphatic carbocycles. The Morgan fingerprint density at radius 1 is 1.43 bits per heavy atom. The van der Waals surface area contributed by atoms with Gasteiger partial charge in [0.2, 0.25) is 0 Å². The molecule has 110 valence electrons. The maximum Gasteiger partial charge on any atom is 0.307 e. The molecule has 0 saturated carbocycles. The van der Waals surface area contributed by atoms with Gasteiger partial charge in [-0.2, -0.15) is 0 Å². The second-order valence-electron chi connectivity index (χ2n) is 5.52. The zero-order chi connectivity index (χ0) is 14.8. The second kappa shape index (κ2) is 5.77. The Hall–Kier alpha value is -2.01. The van der Waals surface area contributed by atoms with Crippen LogP contribution in [-0.2, 0) is 11.3 Å². The third-order valence-electron chi connectivity index (χ3n) is 4.05. The van der Waals surface area contributed by atoms with E-state index in [1.54, 1.807) is 24.4 Å². The lowest BCUT2D eigenvalue weighted by Gasteiger charge is -2.30. The Kier molecular flexibility index (Phi) is 3.84. The third-order valence-corrected chi connectivity index (χ3v) is 4.05. The molecule has 1 aromatic heterocycles. The lowest BCUT2D eigenvalue weighted by Crippen LogP contribution is -2.38. The summed E-state index contributed by atoms with van der Waals surface area (Å²) in [5, 5.41) is 9.66. The van der Waals surface area contributed by atoms with Crippen molar-refractivity contribution < 1.29 is 14.3 Å². The number of aromatic nitrogens is 1. The number of aliphatic carboxylic acids is 1. The van der Waals surface area contributed by atoms with Crippen molar-refractivity contribution in [2.24, 2.45) is 5.92 Å². The van der Waals surface area contributed by atoms with E-state index in [9.17, 15) is 9.18 Å². The molecular weight excluding hydrogens is 271 g/mol. The number of piperidine rings is 1. The smallest absolute Gasteiger partial charge is 0.307 e. The summed E-state index contributed by atoms with van der Waals surface area (Å²) in [6.45, 7) is 2.02. The Balaban J connectivity index is 1.85. The van der Waals surface area contributed by atoms with E-state index in [1.165, 1.54) is 6.07 Å². The summed E-state index contributed by atoms with van der Waals surface area (Å²) < 4.78 is 13.8. The molecule has 0 bridgehead atoms. The predicted molar refractivity (Wildman–Crippen MR) is 77.3 cm³/mol. The second-order valence-corrected chi connectivity index (χ2v) is 5.52. The van der Waals surface area contributed by atoms with Gasteiger partial charge in [0, 0.05) is 24.7 Å². The fraction of sp³-hybridized carbons (Fsp3) is 0.375. The highest BCUT2D eigenvalue weighted by atomic mass is 19.1. The summed E-state index contributed by atoms with van der Waals surface area (Å²) in [5.41, 5.74) is 1.60. The summed E-state index contributed by atoms with van der Waals surface area (Å²) in [4.78, 5) is 17.5. The molecule has 4 nitrogen and oxygen atoms in total. The molecular formula is C16H17FN2O2. The van der Waals surface area contributed by atoms with Crippen LogP contribution in [0.5, 0.6) is 0 Å². The van der Waals surface area contributed by atoms with Crippen LogP contribution in [0, 0.1) is 11.7 Å². The van der Waals surface area contributed by atoms with Gasteiger partial charge in [-0.25, -0.2) is 4.39 Å². The summed E-state index contributed by atoms with van der Waals surface area (Å²) in [6, 6.07) is 6.64. The number of hydrogen-bond acceptors (Lipinski definition) is 3. The van der Waals surface area contributed by atoms with Gasteiger partial charge in [-0.15, -0.1) is 0 Å².